The monoisotopic (exact) mass is 319 g/mol. The van der Waals surface area contributed by atoms with E-state index in [-0.39, 0.29) is 10.9 Å². The first-order valence-electron chi connectivity index (χ1n) is 7.21. The molecule has 0 fully saturated rings. The smallest absolute Gasteiger partial charge is 0.360 e. The molecule has 0 unspecified atom stereocenters. The minimum Gasteiger partial charge on any atom is -0.476 e. The second kappa shape index (κ2) is 5.63. The van der Waals surface area contributed by atoms with Crippen molar-refractivity contribution in [3.63, 3.8) is 0 Å². The van der Waals surface area contributed by atoms with Crippen LogP contribution in [0, 0.1) is 25.2 Å². The lowest BCUT2D eigenvalue weighted by Gasteiger charge is -2.13. The summed E-state index contributed by atoms with van der Waals surface area (Å²) in [7, 11) is 0. The minimum absolute atomic E-state index is 0.0608. The van der Waals surface area contributed by atoms with Gasteiger partial charge in [-0.05, 0) is 49.2 Å². The third kappa shape index (κ3) is 2.32. The Morgan fingerprint density at radius 1 is 1.21 bits per heavy atom. The lowest BCUT2D eigenvalue weighted by Crippen LogP contribution is -2.23. The second-order valence-electron chi connectivity index (χ2n) is 5.47. The van der Waals surface area contributed by atoms with Crippen molar-refractivity contribution < 1.29 is 9.90 Å². The maximum atomic E-state index is 12.4. The maximum Gasteiger partial charge on any atom is 0.360 e. The summed E-state index contributed by atoms with van der Waals surface area (Å²) in [6.45, 7) is 3.90. The summed E-state index contributed by atoms with van der Waals surface area (Å²) >= 11 is 0. The predicted octanol–water partition coefficient (Wildman–Crippen LogP) is 2.57. The normalized spacial score (nSPS) is 10.5. The number of hydrogen-bond acceptors (Lipinski definition) is 4. The molecule has 3 aromatic rings. The highest BCUT2D eigenvalue weighted by Crippen LogP contribution is 2.20. The Labute approximate surface area is 137 Å². The van der Waals surface area contributed by atoms with Gasteiger partial charge in [-0.1, -0.05) is 12.1 Å². The predicted molar refractivity (Wildman–Crippen MR) is 88.5 cm³/mol. The molecule has 0 aliphatic rings. The molecule has 3 rings (SSSR count). The Kier molecular flexibility index (Phi) is 3.62. The van der Waals surface area contributed by atoms with Gasteiger partial charge in [0, 0.05) is 0 Å². The topological polar surface area (TPSA) is 96.0 Å². The standard InChI is InChI=1S/C18H13N3O3/c1-10-6-7-13(8-11(10)2)21-14-5-3-4-12(9-19)15(14)17(22)16(20-21)18(23)24/h3-8H,1-2H3,(H,23,24). The van der Waals surface area contributed by atoms with E-state index in [2.05, 4.69) is 5.10 Å². The molecule has 0 amide bonds. The van der Waals surface area contributed by atoms with Gasteiger partial charge >= 0.3 is 5.97 Å². The molecule has 6 nitrogen and oxygen atoms in total. The van der Waals surface area contributed by atoms with Gasteiger partial charge in [-0.25, -0.2) is 9.48 Å². The van der Waals surface area contributed by atoms with Crippen molar-refractivity contribution in [1.82, 2.24) is 9.78 Å². The average molecular weight is 319 g/mol. The molecule has 0 radical (unpaired) electrons. The summed E-state index contributed by atoms with van der Waals surface area (Å²) in [5, 5.41) is 22.6. The molecular weight excluding hydrogens is 306 g/mol. The second-order valence-corrected chi connectivity index (χ2v) is 5.47. The molecule has 118 valence electrons. The molecular formula is C18H13N3O3. The van der Waals surface area contributed by atoms with Crippen molar-refractivity contribution in [2.75, 3.05) is 0 Å². The van der Waals surface area contributed by atoms with Crippen LogP contribution < -0.4 is 5.43 Å². The fourth-order valence-corrected chi connectivity index (χ4v) is 2.56. The molecule has 2 aromatic carbocycles. The summed E-state index contributed by atoms with van der Waals surface area (Å²) in [6.07, 6.45) is 0. The number of aromatic nitrogens is 2. The number of fused-ring (bicyclic) bond motifs is 1. The van der Waals surface area contributed by atoms with Crippen LogP contribution in [0.15, 0.2) is 41.2 Å². The molecule has 0 aliphatic heterocycles. The molecule has 6 heteroatoms. The molecule has 0 saturated heterocycles. The molecule has 0 atom stereocenters. The summed E-state index contributed by atoms with van der Waals surface area (Å²) in [5.41, 5.74) is 1.88. The van der Waals surface area contributed by atoms with Crippen LogP contribution in [-0.2, 0) is 0 Å². The summed E-state index contributed by atoms with van der Waals surface area (Å²) < 4.78 is 1.40. The van der Waals surface area contributed by atoms with Crippen LogP contribution in [0.25, 0.3) is 16.6 Å². The first kappa shape index (κ1) is 15.4. The van der Waals surface area contributed by atoms with Crippen LogP contribution in [0.4, 0.5) is 0 Å². The molecule has 24 heavy (non-hydrogen) atoms. The van der Waals surface area contributed by atoms with Gasteiger partial charge in [0.25, 0.3) is 0 Å². The average Bonchev–Trinajstić information content (AvgIpc) is 2.57. The van der Waals surface area contributed by atoms with Gasteiger partial charge in [-0.15, -0.1) is 0 Å². The number of aryl methyl sites for hydroxylation is 2. The third-order valence-corrected chi connectivity index (χ3v) is 3.97. The number of nitrogens with zero attached hydrogens (tertiary/aromatic N) is 3. The fraction of sp³-hybridized carbons (Fsp3) is 0.111. The number of aromatic carboxylic acids is 1. The molecule has 1 heterocycles. The van der Waals surface area contributed by atoms with Crippen LogP contribution in [-0.4, -0.2) is 20.9 Å². The number of carbonyl (C=O) groups is 1. The van der Waals surface area contributed by atoms with Crippen LogP contribution >= 0.6 is 0 Å². The number of rotatable bonds is 2. The van der Waals surface area contributed by atoms with Crippen molar-refractivity contribution in [3.8, 4) is 11.8 Å². The van der Waals surface area contributed by atoms with Crippen molar-refractivity contribution >= 4 is 16.9 Å². The molecule has 0 aliphatic carbocycles. The quantitative estimate of drug-likeness (QED) is 0.783. The summed E-state index contributed by atoms with van der Waals surface area (Å²) in [6, 6.07) is 12.3. The van der Waals surface area contributed by atoms with Crippen LogP contribution in [0.1, 0.15) is 27.2 Å². The molecule has 1 aromatic heterocycles. The van der Waals surface area contributed by atoms with Gasteiger partial charge < -0.3 is 5.11 Å². The van der Waals surface area contributed by atoms with Gasteiger partial charge in [0.15, 0.2) is 0 Å². The maximum absolute atomic E-state index is 12.4. The number of nitriles is 1. The zero-order valence-corrected chi connectivity index (χ0v) is 13.1. The van der Waals surface area contributed by atoms with Crippen molar-refractivity contribution in [2.24, 2.45) is 0 Å². The van der Waals surface area contributed by atoms with E-state index in [4.69, 9.17) is 0 Å². The van der Waals surface area contributed by atoms with Crippen LogP contribution in [0.2, 0.25) is 0 Å². The molecule has 0 bridgehead atoms. The first-order chi connectivity index (χ1) is 11.4. The summed E-state index contributed by atoms with van der Waals surface area (Å²) in [4.78, 5) is 23.9. The third-order valence-electron chi connectivity index (χ3n) is 3.97. The van der Waals surface area contributed by atoms with E-state index < -0.39 is 17.1 Å². The SMILES string of the molecule is Cc1ccc(-n2nc(C(=O)O)c(=O)c3c(C#N)cccc32)cc1C. The Hall–Kier alpha value is -3.46. The largest absolute Gasteiger partial charge is 0.476 e. The van der Waals surface area contributed by atoms with Gasteiger partial charge in [0.2, 0.25) is 11.1 Å². The highest BCUT2D eigenvalue weighted by atomic mass is 16.4. The molecule has 1 N–H and O–H groups in total. The van der Waals surface area contributed by atoms with E-state index in [0.717, 1.165) is 11.1 Å². The van der Waals surface area contributed by atoms with E-state index >= 15 is 0 Å². The number of hydrogen-bond donors (Lipinski definition) is 1. The highest BCUT2D eigenvalue weighted by Gasteiger charge is 2.19. The van der Waals surface area contributed by atoms with Crippen molar-refractivity contribution in [1.29, 1.82) is 5.26 Å². The zero-order valence-electron chi connectivity index (χ0n) is 13.1. The van der Waals surface area contributed by atoms with E-state index in [1.54, 1.807) is 18.2 Å². The number of carboxylic acids is 1. The van der Waals surface area contributed by atoms with Crippen molar-refractivity contribution in [2.45, 2.75) is 13.8 Å². The van der Waals surface area contributed by atoms with Gasteiger partial charge in [0.05, 0.1) is 28.2 Å². The molecule has 0 saturated carbocycles. The van der Waals surface area contributed by atoms with Gasteiger partial charge in [-0.2, -0.15) is 10.4 Å². The van der Waals surface area contributed by atoms with Crippen LogP contribution in [0.3, 0.4) is 0 Å². The highest BCUT2D eigenvalue weighted by molar-refractivity contribution is 5.93. The van der Waals surface area contributed by atoms with Gasteiger partial charge in [-0.3, -0.25) is 4.79 Å². The van der Waals surface area contributed by atoms with Crippen LogP contribution in [0.5, 0.6) is 0 Å². The lowest BCUT2D eigenvalue weighted by molar-refractivity contribution is 0.0687. The minimum atomic E-state index is -1.42. The lowest BCUT2D eigenvalue weighted by atomic mass is 10.1. The molecule has 0 spiro atoms. The number of benzene rings is 2. The fourth-order valence-electron chi connectivity index (χ4n) is 2.56. The van der Waals surface area contributed by atoms with E-state index in [9.17, 15) is 20.0 Å². The Bertz CT molecular complexity index is 1090. The van der Waals surface area contributed by atoms with E-state index in [0.29, 0.717) is 11.2 Å². The zero-order chi connectivity index (χ0) is 17.4. The Morgan fingerprint density at radius 2 is 1.96 bits per heavy atom. The first-order valence-corrected chi connectivity index (χ1v) is 7.21. The Balaban J connectivity index is 2.50. The van der Waals surface area contributed by atoms with Gasteiger partial charge in [0.1, 0.15) is 0 Å². The number of carboxylic acid groups (broad SMARTS) is 1. The van der Waals surface area contributed by atoms with E-state index in [1.165, 1.54) is 10.7 Å². The Morgan fingerprint density at radius 3 is 2.58 bits per heavy atom. The summed E-state index contributed by atoms with van der Waals surface area (Å²) in [5.74, 6) is -1.42. The van der Waals surface area contributed by atoms with Crippen molar-refractivity contribution in [3.05, 3.63) is 69.0 Å². The van der Waals surface area contributed by atoms with E-state index in [1.807, 2.05) is 32.0 Å².